The van der Waals surface area contributed by atoms with E-state index in [0.717, 1.165) is 11.1 Å². The van der Waals surface area contributed by atoms with Gasteiger partial charge in [-0.3, -0.25) is 4.79 Å². The molecule has 0 radical (unpaired) electrons. The lowest BCUT2D eigenvalue weighted by molar-refractivity contribution is -0.136. The van der Waals surface area contributed by atoms with Crippen molar-refractivity contribution in [3.63, 3.8) is 0 Å². The third kappa shape index (κ3) is 3.84. The van der Waals surface area contributed by atoms with Crippen LogP contribution >= 0.6 is 0 Å². The summed E-state index contributed by atoms with van der Waals surface area (Å²) in [5.41, 5.74) is 3.91. The van der Waals surface area contributed by atoms with Gasteiger partial charge in [0.2, 0.25) is 10.0 Å². The van der Waals surface area contributed by atoms with Gasteiger partial charge in [-0.1, -0.05) is 18.2 Å². The molecule has 0 saturated heterocycles. The first-order valence-corrected chi connectivity index (χ1v) is 10.1. The number of carboxylic acid groups (broad SMARTS) is 1. The lowest BCUT2D eigenvalue weighted by Gasteiger charge is -2.29. The molecular weight excluding hydrogens is 366 g/mol. The van der Waals surface area contributed by atoms with E-state index in [1.54, 1.807) is 45.2 Å². The predicted molar refractivity (Wildman–Crippen MR) is 102 cm³/mol. The molecule has 0 unspecified atom stereocenters. The van der Waals surface area contributed by atoms with E-state index in [1.807, 2.05) is 6.07 Å². The lowest BCUT2D eigenvalue weighted by Crippen LogP contribution is -2.36. The number of hydrogen-bond donors (Lipinski definition) is 1. The number of ether oxygens (including phenoxy) is 1. The number of aryl methyl sites for hydroxylation is 2. The fraction of sp³-hybridized carbons (Fsp3) is 0.350. The second-order valence-electron chi connectivity index (χ2n) is 6.85. The van der Waals surface area contributed by atoms with Crippen LogP contribution in [0.2, 0.25) is 0 Å². The van der Waals surface area contributed by atoms with Crippen LogP contribution < -0.4 is 4.74 Å². The number of sulfonamides is 1. The number of carboxylic acids is 1. The summed E-state index contributed by atoms with van der Waals surface area (Å²) < 4.78 is 33.3. The molecule has 0 saturated carbocycles. The van der Waals surface area contributed by atoms with E-state index in [-0.39, 0.29) is 13.0 Å². The van der Waals surface area contributed by atoms with Crippen molar-refractivity contribution < 1.29 is 23.1 Å². The summed E-state index contributed by atoms with van der Waals surface area (Å²) in [6.45, 7) is 4.19. The van der Waals surface area contributed by atoms with Crippen LogP contribution in [0.4, 0.5) is 0 Å². The summed E-state index contributed by atoms with van der Waals surface area (Å²) >= 11 is 0. The molecule has 1 N–H and O–H groups in total. The van der Waals surface area contributed by atoms with Crippen LogP contribution in [0.25, 0.3) is 0 Å². The minimum atomic E-state index is -3.67. The van der Waals surface area contributed by atoms with Gasteiger partial charge < -0.3 is 9.84 Å². The fourth-order valence-corrected chi connectivity index (χ4v) is 5.47. The molecule has 3 rings (SSSR count). The number of nitrogens with zero attached hydrogens (tertiary/aromatic N) is 1. The Hall–Kier alpha value is -2.38. The second kappa shape index (κ2) is 7.32. The molecule has 2 aromatic rings. The number of carbonyl (C=O) groups is 1. The maximum atomic E-state index is 13.3. The summed E-state index contributed by atoms with van der Waals surface area (Å²) in [4.78, 5) is 11.3. The van der Waals surface area contributed by atoms with E-state index in [9.17, 15) is 13.2 Å². The predicted octanol–water partition coefficient (Wildman–Crippen LogP) is 2.69. The molecule has 0 aromatic heterocycles. The highest BCUT2D eigenvalue weighted by atomic mass is 32.2. The van der Waals surface area contributed by atoms with Gasteiger partial charge >= 0.3 is 5.97 Å². The molecule has 0 fully saturated rings. The van der Waals surface area contributed by atoms with Gasteiger partial charge in [-0.05, 0) is 60.2 Å². The number of hydrogen-bond acceptors (Lipinski definition) is 4. The molecule has 144 valence electrons. The first kappa shape index (κ1) is 19.4. The van der Waals surface area contributed by atoms with Crippen LogP contribution in [0.15, 0.2) is 35.2 Å². The van der Waals surface area contributed by atoms with Crippen LogP contribution in [0.1, 0.15) is 27.8 Å². The lowest BCUT2D eigenvalue weighted by atomic mass is 9.97. The molecule has 0 spiro atoms. The first-order valence-electron chi connectivity index (χ1n) is 8.70. The Kier molecular flexibility index (Phi) is 5.26. The highest BCUT2D eigenvalue weighted by Gasteiger charge is 2.31. The summed E-state index contributed by atoms with van der Waals surface area (Å²) in [5.74, 6) is -0.272. The van der Waals surface area contributed by atoms with Crippen molar-refractivity contribution in [2.24, 2.45) is 0 Å². The van der Waals surface area contributed by atoms with E-state index < -0.39 is 16.0 Å². The zero-order chi connectivity index (χ0) is 19.8. The minimum absolute atomic E-state index is 0.0727. The van der Waals surface area contributed by atoms with Gasteiger partial charge in [0, 0.05) is 13.1 Å². The van der Waals surface area contributed by atoms with Crippen LogP contribution in [-0.4, -0.2) is 37.5 Å². The van der Waals surface area contributed by atoms with Crippen molar-refractivity contribution in [3.8, 4) is 5.75 Å². The number of rotatable bonds is 5. The molecule has 0 aliphatic carbocycles. The third-order valence-electron chi connectivity index (χ3n) is 4.87. The molecule has 1 heterocycles. The highest BCUT2D eigenvalue weighted by molar-refractivity contribution is 7.89. The van der Waals surface area contributed by atoms with E-state index in [4.69, 9.17) is 9.84 Å². The molecule has 27 heavy (non-hydrogen) atoms. The van der Waals surface area contributed by atoms with Gasteiger partial charge in [-0.25, -0.2) is 8.42 Å². The molecule has 0 amide bonds. The summed E-state index contributed by atoms with van der Waals surface area (Å²) in [7, 11) is -2.11. The quantitative estimate of drug-likeness (QED) is 0.850. The van der Waals surface area contributed by atoms with Gasteiger partial charge in [-0.2, -0.15) is 4.31 Å². The van der Waals surface area contributed by atoms with Gasteiger partial charge in [0.15, 0.2) is 0 Å². The Labute approximate surface area is 159 Å². The smallest absolute Gasteiger partial charge is 0.307 e. The van der Waals surface area contributed by atoms with Crippen molar-refractivity contribution >= 4 is 16.0 Å². The molecular formula is C20H23NO5S. The largest absolute Gasteiger partial charge is 0.497 e. The van der Waals surface area contributed by atoms with Crippen molar-refractivity contribution in [2.75, 3.05) is 13.7 Å². The van der Waals surface area contributed by atoms with Crippen LogP contribution in [0.5, 0.6) is 5.75 Å². The fourth-order valence-electron chi connectivity index (χ4n) is 3.64. The zero-order valence-electron chi connectivity index (χ0n) is 15.7. The molecule has 1 aliphatic rings. The second-order valence-corrected chi connectivity index (χ2v) is 8.73. The SMILES string of the molecule is COc1cc(C)c(S(=O)(=O)N2CCc3ccc(CC(=O)O)cc3C2)c(C)c1. The third-order valence-corrected chi connectivity index (χ3v) is 7.02. The molecule has 1 aliphatic heterocycles. The normalized spacial score (nSPS) is 14.6. The average Bonchev–Trinajstić information content (AvgIpc) is 2.59. The standard InChI is InChI=1S/C20H23NO5S/c1-13-8-18(26-3)9-14(2)20(13)27(24,25)21-7-6-16-5-4-15(11-19(22)23)10-17(16)12-21/h4-5,8-10H,6-7,11-12H2,1-3H3,(H,22,23). The van der Waals surface area contributed by atoms with E-state index in [0.29, 0.717) is 40.3 Å². The monoisotopic (exact) mass is 389 g/mol. The molecule has 0 bridgehead atoms. The van der Waals surface area contributed by atoms with Gasteiger partial charge in [0.25, 0.3) is 0 Å². The minimum Gasteiger partial charge on any atom is -0.497 e. The number of fused-ring (bicyclic) bond motifs is 1. The first-order chi connectivity index (χ1) is 12.7. The maximum Gasteiger partial charge on any atom is 0.307 e. The molecule has 0 atom stereocenters. The highest BCUT2D eigenvalue weighted by Crippen LogP contribution is 2.31. The van der Waals surface area contributed by atoms with Crippen molar-refractivity contribution in [3.05, 3.63) is 58.1 Å². The zero-order valence-corrected chi connectivity index (χ0v) is 16.5. The number of aliphatic carboxylic acids is 1. The number of methoxy groups -OCH3 is 1. The van der Waals surface area contributed by atoms with E-state index in [2.05, 4.69) is 0 Å². The van der Waals surface area contributed by atoms with Gasteiger partial charge in [-0.15, -0.1) is 0 Å². The van der Waals surface area contributed by atoms with Crippen molar-refractivity contribution in [1.29, 1.82) is 0 Å². The summed E-state index contributed by atoms with van der Waals surface area (Å²) in [5, 5.41) is 8.99. The van der Waals surface area contributed by atoms with Crippen LogP contribution in [0, 0.1) is 13.8 Å². The number of benzene rings is 2. The molecule has 7 heteroatoms. The Balaban J connectivity index is 1.95. The molecule has 6 nitrogen and oxygen atoms in total. The van der Waals surface area contributed by atoms with Crippen LogP contribution in [-0.2, 0) is 34.2 Å². The van der Waals surface area contributed by atoms with Crippen molar-refractivity contribution in [2.45, 2.75) is 38.1 Å². The van der Waals surface area contributed by atoms with Crippen LogP contribution in [0.3, 0.4) is 0 Å². The maximum absolute atomic E-state index is 13.3. The summed E-state index contributed by atoms with van der Waals surface area (Å²) in [6.07, 6.45) is 0.535. The van der Waals surface area contributed by atoms with Gasteiger partial charge in [0.1, 0.15) is 5.75 Å². The Morgan fingerprint density at radius 1 is 1.15 bits per heavy atom. The Morgan fingerprint density at radius 2 is 1.81 bits per heavy atom. The van der Waals surface area contributed by atoms with E-state index in [1.165, 1.54) is 4.31 Å². The Bertz CT molecular complexity index is 974. The topological polar surface area (TPSA) is 83.9 Å². The van der Waals surface area contributed by atoms with Crippen molar-refractivity contribution in [1.82, 2.24) is 4.31 Å². The molecule has 2 aromatic carbocycles. The Morgan fingerprint density at radius 3 is 2.41 bits per heavy atom. The summed E-state index contributed by atoms with van der Waals surface area (Å²) in [6, 6.07) is 8.96. The average molecular weight is 389 g/mol. The van der Waals surface area contributed by atoms with Gasteiger partial charge in [0.05, 0.1) is 18.4 Å². The van der Waals surface area contributed by atoms with E-state index >= 15 is 0 Å².